The van der Waals surface area contributed by atoms with E-state index >= 15 is 0 Å². The van der Waals surface area contributed by atoms with Gasteiger partial charge in [0.1, 0.15) is 11.6 Å². The van der Waals surface area contributed by atoms with Crippen molar-refractivity contribution in [3.63, 3.8) is 0 Å². The predicted molar refractivity (Wildman–Crippen MR) is 78.0 cm³/mol. The highest BCUT2D eigenvalue weighted by Crippen LogP contribution is 2.26. The Morgan fingerprint density at radius 1 is 1.17 bits per heavy atom. The number of nitrogens with one attached hydrogen (secondary N) is 1. The van der Waals surface area contributed by atoms with E-state index in [1.807, 2.05) is 13.0 Å². The topological polar surface area (TPSA) is 37.8 Å². The molecule has 0 amide bonds. The molecule has 1 aromatic heterocycles. The summed E-state index contributed by atoms with van der Waals surface area (Å²) in [5.41, 5.74) is 1.29. The van der Waals surface area contributed by atoms with Crippen LogP contribution in [0.2, 0.25) is 0 Å². The van der Waals surface area contributed by atoms with Gasteiger partial charge in [0.05, 0.1) is 0 Å². The number of hydrogen-bond acceptors (Lipinski definition) is 3. The SMILES string of the molecule is Cc1cc(NCC(C)(C)C(C)C)nc(C(C)C)n1. The molecule has 0 saturated carbocycles. The fourth-order valence-corrected chi connectivity index (χ4v) is 1.46. The highest BCUT2D eigenvalue weighted by Gasteiger charge is 2.22. The van der Waals surface area contributed by atoms with Gasteiger partial charge in [-0.15, -0.1) is 0 Å². The summed E-state index contributed by atoms with van der Waals surface area (Å²) in [6, 6.07) is 2.02. The Bertz CT molecular complexity index is 395. The standard InChI is InChI=1S/C15H27N3/c1-10(2)14-17-12(5)8-13(18-14)16-9-15(6,7)11(3)4/h8,10-11H,9H2,1-7H3,(H,16,17,18). The minimum absolute atomic E-state index is 0.261. The summed E-state index contributed by atoms with van der Waals surface area (Å²) in [7, 11) is 0. The normalized spacial score (nSPS) is 12.3. The van der Waals surface area contributed by atoms with Gasteiger partial charge in [0.15, 0.2) is 0 Å². The van der Waals surface area contributed by atoms with Crippen molar-refractivity contribution in [1.82, 2.24) is 9.97 Å². The van der Waals surface area contributed by atoms with Crippen LogP contribution in [0.4, 0.5) is 5.82 Å². The van der Waals surface area contributed by atoms with E-state index in [1.165, 1.54) is 0 Å². The molecule has 0 radical (unpaired) electrons. The average molecular weight is 249 g/mol. The van der Waals surface area contributed by atoms with Crippen molar-refractivity contribution in [3.05, 3.63) is 17.6 Å². The first kappa shape index (κ1) is 14.9. The highest BCUT2D eigenvalue weighted by atomic mass is 15.0. The zero-order valence-electron chi connectivity index (χ0n) is 12.8. The maximum absolute atomic E-state index is 4.57. The van der Waals surface area contributed by atoms with Crippen molar-refractivity contribution in [1.29, 1.82) is 0 Å². The lowest BCUT2D eigenvalue weighted by Gasteiger charge is -2.29. The van der Waals surface area contributed by atoms with Gasteiger partial charge in [0, 0.05) is 24.2 Å². The molecule has 0 atom stereocenters. The molecule has 3 nitrogen and oxygen atoms in total. The van der Waals surface area contributed by atoms with E-state index in [-0.39, 0.29) is 5.41 Å². The van der Waals surface area contributed by atoms with Crippen LogP contribution in [0.1, 0.15) is 59.0 Å². The molecule has 0 unspecified atom stereocenters. The van der Waals surface area contributed by atoms with Crippen LogP contribution in [0, 0.1) is 18.3 Å². The van der Waals surface area contributed by atoms with Crippen molar-refractivity contribution in [3.8, 4) is 0 Å². The predicted octanol–water partition coefficient (Wildman–Crippen LogP) is 4.00. The van der Waals surface area contributed by atoms with Gasteiger partial charge in [-0.2, -0.15) is 0 Å². The molecule has 0 aliphatic heterocycles. The van der Waals surface area contributed by atoms with Crippen LogP contribution in [0.3, 0.4) is 0 Å². The molecule has 1 N–H and O–H groups in total. The van der Waals surface area contributed by atoms with Crippen LogP contribution in [0.15, 0.2) is 6.07 Å². The van der Waals surface area contributed by atoms with Crippen molar-refractivity contribution < 1.29 is 0 Å². The van der Waals surface area contributed by atoms with Crippen LogP contribution >= 0.6 is 0 Å². The van der Waals surface area contributed by atoms with Crippen LogP contribution in [0.25, 0.3) is 0 Å². The molecule has 0 spiro atoms. The lowest BCUT2D eigenvalue weighted by Crippen LogP contribution is -2.29. The molecule has 1 rings (SSSR count). The summed E-state index contributed by atoms with van der Waals surface area (Å²) in [5.74, 6) is 2.86. The largest absolute Gasteiger partial charge is 0.369 e. The highest BCUT2D eigenvalue weighted by molar-refractivity contribution is 5.36. The van der Waals surface area contributed by atoms with Crippen LogP contribution in [-0.2, 0) is 0 Å². The summed E-state index contributed by atoms with van der Waals surface area (Å²) in [6.45, 7) is 16.3. The van der Waals surface area contributed by atoms with Crippen LogP contribution in [-0.4, -0.2) is 16.5 Å². The molecule has 1 heterocycles. The Morgan fingerprint density at radius 3 is 2.28 bits per heavy atom. The zero-order chi connectivity index (χ0) is 13.9. The summed E-state index contributed by atoms with van der Waals surface area (Å²) in [6.07, 6.45) is 0. The maximum atomic E-state index is 4.57. The molecule has 0 bridgehead atoms. The van der Waals surface area contributed by atoms with Crippen molar-refractivity contribution in [2.75, 3.05) is 11.9 Å². The molecule has 0 aliphatic rings. The molecule has 0 saturated heterocycles. The lowest BCUT2D eigenvalue weighted by atomic mass is 9.81. The average Bonchev–Trinajstić information content (AvgIpc) is 2.25. The number of aryl methyl sites for hydroxylation is 1. The van der Waals surface area contributed by atoms with Gasteiger partial charge in [-0.25, -0.2) is 9.97 Å². The second-order valence-corrected chi connectivity index (χ2v) is 6.40. The Hall–Kier alpha value is -1.12. The van der Waals surface area contributed by atoms with Gasteiger partial charge >= 0.3 is 0 Å². The van der Waals surface area contributed by atoms with Gasteiger partial charge in [0.2, 0.25) is 0 Å². The van der Waals surface area contributed by atoms with E-state index in [0.29, 0.717) is 11.8 Å². The molecule has 3 heteroatoms. The molecule has 0 aromatic carbocycles. The molecular weight excluding hydrogens is 222 g/mol. The van der Waals surface area contributed by atoms with E-state index in [0.717, 1.165) is 23.9 Å². The van der Waals surface area contributed by atoms with Crippen molar-refractivity contribution >= 4 is 5.82 Å². The second-order valence-electron chi connectivity index (χ2n) is 6.40. The number of nitrogens with zero attached hydrogens (tertiary/aromatic N) is 2. The van der Waals surface area contributed by atoms with Gasteiger partial charge in [-0.05, 0) is 18.3 Å². The van der Waals surface area contributed by atoms with Crippen LogP contribution in [0.5, 0.6) is 0 Å². The maximum Gasteiger partial charge on any atom is 0.133 e. The number of anilines is 1. The summed E-state index contributed by atoms with van der Waals surface area (Å²) in [5, 5.41) is 3.45. The molecule has 0 fully saturated rings. The summed E-state index contributed by atoms with van der Waals surface area (Å²) < 4.78 is 0. The third-order valence-corrected chi connectivity index (χ3v) is 3.68. The third-order valence-electron chi connectivity index (χ3n) is 3.68. The second kappa shape index (κ2) is 5.68. The quantitative estimate of drug-likeness (QED) is 0.857. The molecular formula is C15H27N3. The van der Waals surface area contributed by atoms with E-state index in [4.69, 9.17) is 0 Å². The smallest absolute Gasteiger partial charge is 0.133 e. The Morgan fingerprint density at radius 2 is 1.78 bits per heavy atom. The van der Waals surface area contributed by atoms with Crippen LogP contribution < -0.4 is 5.32 Å². The van der Waals surface area contributed by atoms with Gasteiger partial charge < -0.3 is 5.32 Å². The van der Waals surface area contributed by atoms with Gasteiger partial charge in [-0.3, -0.25) is 0 Å². The molecule has 102 valence electrons. The minimum Gasteiger partial charge on any atom is -0.369 e. The van der Waals surface area contributed by atoms with Crippen molar-refractivity contribution in [2.45, 2.75) is 54.4 Å². The fourth-order valence-electron chi connectivity index (χ4n) is 1.46. The lowest BCUT2D eigenvalue weighted by molar-refractivity contribution is 0.269. The fraction of sp³-hybridized carbons (Fsp3) is 0.733. The Kier molecular flexibility index (Phi) is 4.71. The third kappa shape index (κ3) is 3.97. The molecule has 0 aliphatic carbocycles. The molecule has 1 aromatic rings. The zero-order valence-corrected chi connectivity index (χ0v) is 12.8. The van der Waals surface area contributed by atoms with E-state index in [9.17, 15) is 0 Å². The monoisotopic (exact) mass is 249 g/mol. The van der Waals surface area contributed by atoms with E-state index < -0.39 is 0 Å². The first-order chi connectivity index (χ1) is 8.22. The minimum atomic E-state index is 0.261. The summed E-state index contributed by atoms with van der Waals surface area (Å²) in [4.78, 5) is 9.04. The Balaban J connectivity index is 2.79. The number of hydrogen-bond donors (Lipinski definition) is 1. The van der Waals surface area contributed by atoms with Gasteiger partial charge in [0.25, 0.3) is 0 Å². The summed E-state index contributed by atoms with van der Waals surface area (Å²) >= 11 is 0. The van der Waals surface area contributed by atoms with Gasteiger partial charge in [-0.1, -0.05) is 41.5 Å². The van der Waals surface area contributed by atoms with Crippen molar-refractivity contribution in [2.24, 2.45) is 11.3 Å². The Labute approximate surface area is 111 Å². The number of rotatable bonds is 5. The first-order valence-corrected chi connectivity index (χ1v) is 6.82. The van der Waals surface area contributed by atoms with E-state index in [1.54, 1.807) is 0 Å². The first-order valence-electron chi connectivity index (χ1n) is 6.82. The number of aromatic nitrogens is 2. The van der Waals surface area contributed by atoms with E-state index in [2.05, 4.69) is 56.8 Å². The molecule has 18 heavy (non-hydrogen) atoms.